The fourth-order valence-electron chi connectivity index (χ4n) is 3.31. The number of imide groups is 1. The number of nitrogens with one attached hydrogen (secondary N) is 3. The van der Waals surface area contributed by atoms with Crippen LogP contribution in [0.2, 0.25) is 0 Å². The number of benzene rings is 1. The molecule has 9 heteroatoms. The average molecular weight is 383 g/mol. The summed E-state index contributed by atoms with van der Waals surface area (Å²) >= 11 is 0. The van der Waals surface area contributed by atoms with Crippen molar-refractivity contribution in [1.29, 1.82) is 0 Å². The Balaban J connectivity index is 1.58. The van der Waals surface area contributed by atoms with E-state index in [0.717, 1.165) is 25.0 Å². The van der Waals surface area contributed by atoms with Gasteiger partial charge in [-0.05, 0) is 42.9 Å². The predicted molar refractivity (Wildman–Crippen MR) is 89.5 cm³/mol. The van der Waals surface area contributed by atoms with Crippen LogP contribution in [0, 0.1) is 11.8 Å². The van der Waals surface area contributed by atoms with Crippen molar-refractivity contribution >= 4 is 17.8 Å². The number of hydrogen-bond acceptors (Lipinski definition) is 3. The van der Waals surface area contributed by atoms with Crippen molar-refractivity contribution in [3.05, 3.63) is 35.4 Å². The molecule has 1 saturated heterocycles. The van der Waals surface area contributed by atoms with E-state index in [1.54, 1.807) is 6.92 Å². The van der Waals surface area contributed by atoms with Crippen LogP contribution in [0.25, 0.3) is 0 Å². The molecule has 1 aromatic carbocycles. The lowest BCUT2D eigenvalue weighted by molar-refractivity contribution is -0.137. The van der Waals surface area contributed by atoms with E-state index in [4.69, 9.17) is 0 Å². The van der Waals surface area contributed by atoms with Gasteiger partial charge in [-0.1, -0.05) is 19.1 Å². The van der Waals surface area contributed by atoms with E-state index in [-0.39, 0.29) is 24.8 Å². The van der Waals surface area contributed by atoms with E-state index in [9.17, 15) is 27.6 Å². The molecule has 0 radical (unpaired) electrons. The molecular formula is C18H20F3N3O3. The molecule has 1 aromatic rings. The van der Waals surface area contributed by atoms with Crippen molar-refractivity contribution in [2.75, 3.05) is 6.54 Å². The molecule has 2 atom stereocenters. The first-order valence-corrected chi connectivity index (χ1v) is 8.69. The van der Waals surface area contributed by atoms with Crippen LogP contribution < -0.4 is 16.0 Å². The lowest BCUT2D eigenvalue weighted by Gasteiger charge is -2.27. The van der Waals surface area contributed by atoms with Crippen molar-refractivity contribution in [3.8, 4) is 0 Å². The lowest BCUT2D eigenvalue weighted by Crippen LogP contribution is -2.57. The van der Waals surface area contributed by atoms with Gasteiger partial charge in [0.25, 0.3) is 5.91 Å². The normalized spacial score (nSPS) is 23.6. The minimum atomic E-state index is -4.40. The smallest absolute Gasteiger partial charge is 0.353 e. The van der Waals surface area contributed by atoms with Gasteiger partial charge in [-0.3, -0.25) is 14.9 Å². The van der Waals surface area contributed by atoms with Crippen molar-refractivity contribution in [1.82, 2.24) is 16.0 Å². The van der Waals surface area contributed by atoms with Gasteiger partial charge in [0.15, 0.2) is 0 Å². The topological polar surface area (TPSA) is 87.3 Å². The highest BCUT2D eigenvalue weighted by molar-refractivity contribution is 6.07. The van der Waals surface area contributed by atoms with Gasteiger partial charge in [-0.25, -0.2) is 4.79 Å². The van der Waals surface area contributed by atoms with Crippen LogP contribution in [-0.4, -0.2) is 29.9 Å². The van der Waals surface area contributed by atoms with Crippen molar-refractivity contribution < 1.29 is 27.6 Å². The Morgan fingerprint density at radius 2 is 1.89 bits per heavy atom. The third-order valence-electron chi connectivity index (χ3n) is 5.06. The van der Waals surface area contributed by atoms with Crippen LogP contribution >= 0.6 is 0 Å². The summed E-state index contributed by atoms with van der Waals surface area (Å²) in [6.07, 6.45) is -2.54. The van der Waals surface area contributed by atoms with Crippen LogP contribution in [-0.2, 0) is 22.2 Å². The maximum absolute atomic E-state index is 12.6. The number of urea groups is 1. The maximum atomic E-state index is 12.6. The molecule has 1 saturated carbocycles. The summed E-state index contributed by atoms with van der Waals surface area (Å²) in [5.74, 6) is -1.28. The standard InChI is InChI=1S/C18H20F3N3O3/c1-10(8-11-2-4-13(5-3-11)18(19,20)21)14(25)22-9-17(12-6-7-12)15(26)23-16(27)24-17/h2-5,10,12H,6-9H2,1H3,(H,22,25)(H2,23,24,26,27)/t10?,17-/m0/s1. The highest BCUT2D eigenvalue weighted by Crippen LogP contribution is 2.41. The Kier molecular flexibility index (Phi) is 4.88. The van der Waals surface area contributed by atoms with E-state index in [2.05, 4.69) is 16.0 Å². The Morgan fingerprint density at radius 3 is 2.37 bits per heavy atom. The van der Waals surface area contributed by atoms with Gasteiger partial charge in [0.05, 0.1) is 12.1 Å². The number of carbonyl (C=O) groups excluding carboxylic acids is 3. The molecule has 1 heterocycles. The highest BCUT2D eigenvalue weighted by atomic mass is 19.4. The number of rotatable bonds is 6. The Bertz CT molecular complexity index is 759. The van der Waals surface area contributed by atoms with Gasteiger partial charge in [-0.2, -0.15) is 13.2 Å². The molecule has 0 aromatic heterocycles. The summed E-state index contributed by atoms with van der Waals surface area (Å²) in [5, 5.41) is 7.53. The van der Waals surface area contributed by atoms with Gasteiger partial charge in [-0.15, -0.1) is 0 Å². The lowest BCUT2D eigenvalue weighted by atomic mass is 9.92. The van der Waals surface area contributed by atoms with Crippen LogP contribution in [0.1, 0.15) is 30.9 Å². The molecule has 0 bridgehead atoms. The molecule has 1 aliphatic carbocycles. The number of alkyl halides is 3. The minimum Gasteiger partial charge on any atom is -0.353 e. The van der Waals surface area contributed by atoms with Crippen molar-refractivity contribution in [3.63, 3.8) is 0 Å². The number of carbonyl (C=O) groups is 3. The van der Waals surface area contributed by atoms with Crippen LogP contribution in [0.4, 0.5) is 18.0 Å². The first kappa shape index (κ1) is 19.2. The molecule has 1 aliphatic heterocycles. The zero-order valence-corrected chi connectivity index (χ0v) is 14.7. The number of halogens is 3. The Hall–Kier alpha value is -2.58. The molecule has 2 fully saturated rings. The largest absolute Gasteiger partial charge is 0.416 e. The highest BCUT2D eigenvalue weighted by Gasteiger charge is 2.56. The zero-order valence-electron chi connectivity index (χ0n) is 14.7. The molecule has 2 aliphatic rings. The van der Waals surface area contributed by atoms with Gasteiger partial charge in [0.2, 0.25) is 5.91 Å². The second-order valence-corrected chi connectivity index (χ2v) is 7.17. The predicted octanol–water partition coefficient (Wildman–Crippen LogP) is 1.99. The average Bonchev–Trinajstić information content (AvgIpc) is 3.39. The fraction of sp³-hybridized carbons (Fsp3) is 0.500. The summed E-state index contributed by atoms with van der Waals surface area (Å²) in [4.78, 5) is 36.0. The Labute approximate surface area is 153 Å². The molecule has 0 spiro atoms. The van der Waals surface area contributed by atoms with Gasteiger partial charge >= 0.3 is 12.2 Å². The Morgan fingerprint density at radius 1 is 1.26 bits per heavy atom. The van der Waals surface area contributed by atoms with Crippen LogP contribution in [0.5, 0.6) is 0 Å². The van der Waals surface area contributed by atoms with Gasteiger partial charge < -0.3 is 10.6 Å². The van der Waals surface area contributed by atoms with E-state index >= 15 is 0 Å². The second kappa shape index (κ2) is 6.86. The van der Waals surface area contributed by atoms with Crippen LogP contribution in [0.3, 0.4) is 0 Å². The third-order valence-corrected chi connectivity index (χ3v) is 5.06. The molecule has 4 amide bonds. The van der Waals surface area contributed by atoms with Crippen molar-refractivity contribution in [2.24, 2.45) is 11.8 Å². The molecule has 3 rings (SSSR count). The van der Waals surface area contributed by atoms with E-state index < -0.39 is 35.1 Å². The first-order valence-electron chi connectivity index (χ1n) is 8.69. The van der Waals surface area contributed by atoms with E-state index in [0.29, 0.717) is 5.56 Å². The number of amides is 4. The SMILES string of the molecule is CC(Cc1ccc(C(F)(F)F)cc1)C(=O)NC[C@@]1(C2CC2)NC(=O)NC1=O. The maximum Gasteiger partial charge on any atom is 0.416 e. The summed E-state index contributed by atoms with van der Waals surface area (Å²) in [7, 11) is 0. The van der Waals surface area contributed by atoms with Gasteiger partial charge in [0.1, 0.15) is 5.54 Å². The van der Waals surface area contributed by atoms with Gasteiger partial charge in [0, 0.05) is 5.92 Å². The first-order chi connectivity index (χ1) is 12.6. The fourth-order valence-corrected chi connectivity index (χ4v) is 3.31. The third kappa shape index (κ3) is 4.06. The zero-order chi connectivity index (χ0) is 19.8. The number of hydrogen-bond donors (Lipinski definition) is 3. The quantitative estimate of drug-likeness (QED) is 0.657. The van der Waals surface area contributed by atoms with Crippen LogP contribution in [0.15, 0.2) is 24.3 Å². The van der Waals surface area contributed by atoms with Crippen molar-refractivity contribution in [2.45, 2.75) is 37.9 Å². The monoisotopic (exact) mass is 383 g/mol. The molecule has 27 heavy (non-hydrogen) atoms. The molecule has 146 valence electrons. The second-order valence-electron chi connectivity index (χ2n) is 7.17. The molecule has 3 N–H and O–H groups in total. The summed E-state index contributed by atoms with van der Waals surface area (Å²) < 4.78 is 37.8. The molecule has 6 nitrogen and oxygen atoms in total. The summed E-state index contributed by atoms with van der Waals surface area (Å²) in [6.45, 7) is 1.65. The molecule has 1 unspecified atom stereocenters. The van der Waals surface area contributed by atoms with E-state index in [1.807, 2.05) is 0 Å². The summed E-state index contributed by atoms with van der Waals surface area (Å²) in [5.41, 5.74) is -1.24. The minimum absolute atomic E-state index is 0.00512. The van der Waals surface area contributed by atoms with E-state index in [1.165, 1.54) is 12.1 Å². The molecular weight excluding hydrogens is 363 g/mol. The summed E-state index contributed by atoms with van der Waals surface area (Å²) in [6, 6.07) is 4.10.